The third kappa shape index (κ3) is 4.97. The Labute approximate surface area is 122 Å². The number of methoxy groups -OCH3 is 1. The van der Waals surface area contributed by atoms with E-state index in [1.165, 1.54) is 12.7 Å². The number of rotatable bonds is 7. The summed E-state index contributed by atoms with van der Waals surface area (Å²) in [4.78, 5) is 11.9. The van der Waals surface area contributed by atoms with Crippen LogP contribution in [0.3, 0.4) is 0 Å². The van der Waals surface area contributed by atoms with Gasteiger partial charge in [-0.15, -0.1) is 0 Å². The van der Waals surface area contributed by atoms with Gasteiger partial charge in [-0.25, -0.2) is 0 Å². The van der Waals surface area contributed by atoms with Crippen molar-refractivity contribution in [2.75, 3.05) is 7.11 Å². The summed E-state index contributed by atoms with van der Waals surface area (Å²) in [6, 6.07) is 10.2. The van der Waals surface area contributed by atoms with Crippen LogP contribution in [-0.2, 0) is 9.53 Å². The summed E-state index contributed by atoms with van der Waals surface area (Å²) in [5.41, 5.74) is 1.22. The summed E-state index contributed by atoms with van der Waals surface area (Å²) in [7, 11) is 1.44. The summed E-state index contributed by atoms with van der Waals surface area (Å²) in [5.74, 6) is 0.559. The Morgan fingerprint density at radius 2 is 1.75 bits per heavy atom. The van der Waals surface area contributed by atoms with Gasteiger partial charge >= 0.3 is 5.97 Å². The molecule has 0 aliphatic rings. The zero-order chi connectivity index (χ0) is 15.1. The van der Waals surface area contributed by atoms with E-state index in [0.717, 1.165) is 6.42 Å². The van der Waals surface area contributed by atoms with Gasteiger partial charge in [-0.3, -0.25) is 10.1 Å². The maximum absolute atomic E-state index is 11.9. The van der Waals surface area contributed by atoms with Crippen molar-refractivity contribution in [1.29, 1.82) is 0 Å². The number of nitrogens with one attached hydrogen (secondary N) is 1. The van der Waals surface area contributed by atoms with Crippen molar-refractivity contribution < 1.29 is 9.53 Å². The van der Waals surface area contributed by atoms with Crippen molar-refractivity contribution in [1.82, 2.24) is 5.32 Å². The maximum Gasteiger partial charge on any atom is 0.323 e. The summed E-state index contributed by atoms with van der Waals surface area (Å²) in [6.07, 6.45) is 0.990. The van der Waals surface area contributed by atoms with Crippen molar-refractivity contribution in [3.05, 3.63) is 35.9 Å². The molecular formula is C17H27NO2. The summed E-state index contributed by atoms with van der Waals surface area (Å²) >= 11 is 0. The van der Waals surface area contributed by atoms with E-state index in [-0.39, 0.29) is 24.0 Å². The van der Waals surface area contributed by atoms with Crippen LogP contribution in [0, 0.1) is 11.8 Å². The van der Waals surface area contributed by atoms with Gasteiger partial charge in [0.05, 0.1) is 7.11 Å². The number of esters is 1. The lowest BCUT2D eigenvalue weighted by molar-refractivity contribution is -0.144. The van der Waals surface area contributed by atoms with Crippen molar-refractivity contribution in [3.8, 4) is 0 Å². The fourth-order valence-corrected chi connectivity index (χ4v) is 2.33. The molecule has 0 fully saturated rings. The molecule has 0 aliphatic heterocycles. The van der Waals surface area contributed by atoms with Crippen LogP contribution in [0.25, 0.3) is 0 Å². The average Bonchev–Trinajstić information content (AvgIpc) is 2.42. The largest absolute Gasteiger partial charge is 0.468 e. The quantitative estimate of drug-likeness (QED) is 0.774. The lowest BCUT2D eigenvalue weighted by Gasteiger charge is -2.28. The molecule has 20 heavy (non-hydrogen) atoms. The second kappa shape index (κ2) is 8.05. The van der Waals surface area contributed by atoms with Gasteiger partial charge in [0.1, 0.15) is 6.04 Å². The lowest BCUT2D eigenvalue weighted by Crippen LogP contribution is -2.44. The first kappa shape index (κ1) is 16.7. The Balaban J connectivity index is 2.91. The van der Waals surface area contributed by atoms with Gasteiger partial charge in [0.25, 0.3) is 0 Å². The molecule has 0 aliphatic carbocycles. The Kier molecular flexibility index (Phi) is 6.73. The third-order valence-electron chi connectivity index (χ3n) is 3.41. The van der Waals surface area contributed by atoms with Crippen LogP contribution in [-0.4, -0.2) is 19.1 Å². The van der Waals surface area contributed by atoms with Gasteiger partial charge in [0, 0.05) is 6.04 Å². The van der Waals surface area contributed by atoms with E-state index in [1.54, 1.807) is 0 Å². The summed E-state index contributed by atoms with van der Waals surface area (Å²) in [5, 5.41) is 3.48. The standard InChI is InChI=1S/C17H27NO2/c1-12(2)11-15(14-9-7-6-8-10-14)18-16(13(3)4)17(19)20-5/h6-10,12-13,15-16,18H,11H2,1-5H3/t15?,16-/m0/s1. The molecule has 0 aromatic heterocycles. The highest BCUT2D eigenvalue weighted by Crippen LogP contribution is 2.23. The minimum absolute atomic E-state index is 0.169. The third-order valence-corrected chi connectivity index (χ3v) is 3.41. The predicted molar refractivity (Wildman–Crippen MR) is 82.4 cm³/mol. The zero-order valence-electron chi connectivity index (χ0n) is 13.2. The first-order valence-electron chi connectivity index (χ1n) is 7.34. The minimum Gasteiger partial charge on any atom is -0.468 e. The van der Waals surface area contributed by atoms with Crippen molar-refractivity contribution >= 4 is 5.97 Å². The molecule has 1 aromatic carbocycles. The highest BCUT2D eigenvalue weighted by atomic mass is 16.5. The van der Waals surface area contributed by atoms with Crippen LogP contribution in [0.5, 0.6) is 0 Å². The van der Waals surface area contributed by atoms with Gasteiger partial charge in [0.2, 0.25) is 0 Å². The van der Waals surface area contributed by atoms with Gasteiger partial charge in [-0.1, -0.05) is 58.0 Å². The Morgan fingerprint density at radius 1 is 1.15 bits per heavy atom. The topological polar surface area (TPSA) is 38.3 Å². The van der Waals surface area contributed by atoms with E-state index in [9.17, 15) is 4.79 Å². The molecule has 3 nitrogen and oxygen atoms in total. The SMILES string of the molecule is COC(=O)[C@@H](NC(CC(C)C)c1ccccc1)C(C)C. The number of ether oxygens (including phenoxy) is 1. The highest BCUT2D eigenvalue weighted by molar-refractivity contribution is 5.76. The average molecular weight is 277 g/mol. The molecular weight excluding hydrogens is 250 g/mol. The van der Waals surface area contributed by atoms with Gasteiger partial charge in [0.15, 0.2) is 0 Å². The molecule has 1 aromatic rings. The summed E-state index contributed by atoms with van der Waals surface area (Å²) in [6.45, 7) is 8.46. The van der Waals surface area contributed by atoms with E-state index >= 15 is 0 Å². The Hall–Kier alpha value is -1.35. The second-order valence-electron chi connectivity index (χ2n) is 6.00. The van der Waals surface area contributed by atoms with E-state index < -0.39 is 0 Å². The Bertz CT molecular complexity index is 401. The predicted octanol–water partition coefficient (Wildman–Crippen LogP) is 3.56. The van der Waals surface area contributed by atoms with Crippen LogP contribution >= 0.6 is 0 Å². The number of hydrogen-bond acceptors (Lipinski definition) is 3. The monoisotopic (exact) mass is 277 g/mol. The fraction of sp³-hybridized carbons (Fsp3) is 0.588. The van der Waals surface area contributed by atoms with Crippen molar-refractivity contribution in [3.63, 3.8) is 0 Å². The lowest BCUT2D eigenvalue weighted by atomic mass is 9.94. The molecule has 0 bridgehead atoms. The first-order valence-corrected chi connectivity index (χ1v) is 7.34. The normalized spacial score (nSPS) is 14.3. The van der Waals surface area contributed by atoms with Crippen LogP contribution in [0.2, 0.25) is 0 Å². The number of benzene rings is 1. The molecule has 1 N–H and O–H groups in total. The van der Waals surface area contributed by atoms with E-state index in [4.69, 9.17) is 4.74 Å². The van der Waals surface area contributed by atoms with Crippen LogP contribution in [0.4, 0.5) is 0 Å². The molecule has 3 heteroatoms. The van der Waals surface area contributed by atoms with E-state index in [1.807, 2.05) is 32.0 Å². The fourth-order valence-electron chi connectivity index (χ4n) is 2.33. The van der Waals surface area contributed by atoms with E-state index in [2.05, 4.69) is 31.3 Å². The van der Waals surface area contributed by atoms with Crippen molar-refractivity contribution in [2.45, 2.75) is 46.2 Å². The number of hydrogen-bond donors (Lipinski definition) is 1. The number of carbonyl (C=O) groups excluding carboxylic acids is 1. The highest BCUT2D eigenvalue weighted by Gasteiger charge is 2.26. The molecule has 0 saturated carbocycles. The molecule has 0 radical (unpaired) electrons. The zero-order valence-corrected chi connectivity index (χ0v) is 13.2. The van der Waals surface area contributed by atoms with E-state index in [0.29, 0.717) is 5.92 Å². The molecule has 1 unspecified atom stereocenters. The van der Waals surface area contributed by atoms with Crippen LogP contribution in [0.15, 0.2) is 30.3 Å². The molecule has 0 heterocycles. The first-order chi connectivity index (χ1) is 9.45. The molecule has 0 spiro atoms. The molecule has 0 saturated heterocycles. The Morgan fingerprint density at radius 3 is 2.20 bits per heavy atom. The van der Waals surface area contributed by atoms with Crippen LogP contribution < -0.4 is 5.32 Å². The van der Waals surface area contributed by atoms with Gasteiger partial charge < -0.3 is 4.74 Å². The molecule has 1 rings (SSSR count). The number of carbonyl (C=O) groups is 1. The second-order valence-corrected chi connectivity index (χ2v) is 6.00. The van der Waals surface area contributed by atoms with Crippen molar-refractivity contribution in [2.24, 2.45) is 11.8 Å². The van der Waals surface area contributed by atoms with Gasteiger partial charge in [-0.05, 0) is 23.8 Å². The minimum atomic E-state index is -0.274. The molecule has 112 valence electrons. The maximum atomic E-state index is 11.9. The smallest absolute Gasteiger partial charge is 0.323 e. The van der Waals surface area contributed by atoms with Gasteiger partial charge in [-0.2, -0.15) is 0 Å². The summed E-state index contributed by atoms with van der Waals surface area (Å²) < 4.78 is 4.91. The van der Waals surface area contributed by atoms with Crippen LogP contribution in [0.1, 0.15) is 45.7 Å². The molecule has 2 atom stereocenters. The molecule has 0 amide bonds.